The van der Waals surface area contributed by atoms with Crippen molar-refractivity contribution in [2.75, 3.05) is 31.7 Å². The van der Waals surface area contributed by atoms with E-state index in [-0.39, 0.29) is 32.3 Å². The molecule has 2 aromatic rings. The Morgan fingerprint density at radius 1 is 1.00 bits per heavy atom. The quantitative estimate of drug-likeness (QED) is 0.630. The van der Waals surface area contributed by atoms with Gasteiger partial charge in [-0.15, -0.1) is 0 Å². The van der Waals surface area contributed by atoms with Gasteiger partial charge in [0, 0.05) is 13.1 Å². The summed E-state index contributed by atoms with van der Waals surface area (Å²) in [5.74, 6) is -1.43. The van der Waals surface area contributed by atoms with E-state index in [1.807, 2.05) is 12.1 Å². The number of carbonyl (C=O) groups is 4. The highest BCUT2D eigenvalue weighted by Crippen LogP contribution is 2.37. The normalized spacial score (nSPS) is 19.3. The van der Waals surface area contributed by atoms with Gasteiger partial charge in [-0.3, -0.25) is 19.2 Å². The summed E-state index contributed by atoms with van der Waals surface area (Å²) in [7, 11) is 0. The summed E-state index contributed by atoms with van der Waals surface area (Å²) in [5.41, 5.74) is 7.43. The number of piperazine rings is 1. The number of nitrogens with two attached hydrogens (primary N) is 1. The Hall–Kier alpha value is -4.08. The molecule has 2 aromatic carbocycles. The number of amides is 4. The predicted octanol–water partition coefficient (Wildman–Crippen LogP) is 0.173. The first-order chi connectivity index (χ1) is 14.9. The minimum absolute atomic E-state index is 0.0949. The van der Waals surface area contributed by atoms with Gasteiger partial charge < -0.3 is 30.3 Å². The third-order valence-corrected chi connectivity index (χ3v) is 5.66. The summed E-state index contributed by atoms with van der Waals surface area (Å²) >= 11 is 0. The molecule has 4 amide bonds. The highest BCUT2D eigenvalue weighted by molar-refractivity contribution is 6.34. The maximum Gasteiger partial charge on any atom is 0.311 e. The number of rotatable bonds is 1. The zero-order valence-corrected chi connectivity index (χ0v) is 16.3. The number of ether oxygens (including phenoxy) is 2. The lowest BCUT2D eigenvalue weighted by atomic mass is 10.0. The van der Waals surface area contributed by atoms with Gasteiger partial charge in [-0.05, 0) is 35.4 Å². The van der Waals surface area contributed by atoms with Crippen LogP contribution in [-0.4, -0.2) is 65.9 Å². The van der Waals surface area contributed by atoms with Crippen molar-refractivity contribution in [2.24, 2.45) is 5.73 Å². The Morgan fingerprint density at radius 3 is 2.55 bits per heavy atom. The van der Waals surface area contributed by atoms with Gasteiger partial charge in [-0.25, -0.2) is 0 Å². The van der Waals surface area contributed by atoms with Gasteiger partial charge in [-0.2, -0.15) is 0 Å². The van der Waals surface area contributed by atoms with Crippen molar-refractivity contribution >= 4 is 29.3 Å². The summed E-state index contributed by atoms with van der Waals surface area (Å²) in [4.78, 5) is 51.9. The molecule has 10 heteroatoms. The molecule has 0 aromatic heterocycles. The first-order valence-electron chi connectivity index (χ1n) is 9.67. The molecule has 1 atom stereocenters. The Bertz CT molecular complexity index is 1150. The summed E-state index contributed by atoms with van der Waals surface area (Å²) in [6.45, 7) is 0.305. The predicted molar refractivity (Wildman–Crippen MR) is 107 cm³/mol. The van der Waals surface area contributed by atoms with Crippen molar-refractivity contribution in [3.8, 4) is 22.6 Å². The topological polar surface area (TPSA) is 131 Å². The van der Waals surface area contributed by atoms with Crippen molar-refractivity contribution in [1.29, 1.82) is 0 Å². The molecule has 5 rings (SSSR count). The highest BCUT2D eigenvalue weighted by Gasteiger charge is 2.41. The van der Waals surface area contributed by atoms with Crippen LogP contribution >= 0.6 is 0 Å². The molecule has 0 spiro atoms. The fraction of sp³-hybridized carbons (Fsp3) is 0.238. The van der Waals surface area contributed by atoms with Gasteiger partial charge in [0.2, 0.25) is 12.7 Å². The van der Waals surface area contributed by atoms with Crippen molar-refractivity contribution in [1.82, 2.24) is 9.80 Å². The molecule has 0 bridgehead atoms. The number of benzene rings is 2. The van der Waals surface area contributed by atoms with Crippen LogP contribution in [-0.2, 0) is 14.4 Å². The lowest BCUT2D eigenvalue weighted by Gasteiger charge is -2.38. The van der Waals surface area contributed by atoms with E-state index in [2.05, 4.69) is 5.32 Å². The monoisotopic (exact) mass is 422 g/mol. The van der Waals surface area contributed by atoms with Crippen molar-refractivity contribution in [2.45, 2.75) is 6.04 Å². The molecule has 158 valence electrons. The van der Waals surface area contributed by atoms with Crippen molar-refractivity contribution < 1.29 is 28.7 Å². The molecule has 3 N–H and O–H groups in total. The largest absolute Gasteiger partial charge is 0.454 e. The van der Waals surface area contributed by atoms with Crippen LogP contribution < -0.4 is 20.5 Å². The average molecular weight is 422 g/mol. The molecule has 3 aliphatic heterocycles. The number of hydrogen-bond acceptors (Lipinski definition) is 6. The number of anilines is 1. The van der Waals surface area contributed by atoms with Crippen LogP contribution in [0.1, 0.15) is 10.4 Å². The van der Waals surface area contributed by atoms with Crippen LogP contribution in [0.2, 0.25) is 0 Å². The van der Waals surface area contributed by atoms with Gasteiger partial charge in [0.15, 0.2) is 11.5 Å². The number of nitrogens with one attached hydrogen (secondary N) is 1. The van der Waals surface area contributed by atoms with E-state index in [1.165, 1.54) is 9.80 Å². The standard InChI is InChI=1S/C21H18N4O6/c22-18(26)21(29)24-5-6-25-15(9-24)19(27)23-14-3-1-11(7-13(14)20(25)28)12-2-4-16-17(8-12)31-10-30-16/h1-4,7-8,15H,5-6,9-10H2,(H2,22,26)(H,23,27)/t15-/m1/s1. The van der Waals surface area contributed by atoms with Crippen LogP contribution in [0.15, 0.2) is 36.4 Å². The molecule has 3 aliphatic rings. The average Bonchev–Trinajstić information content (AvgIpc) is 3.22. The van der Waals surface area contributed by atoms with Crippen LogP contribution in [0.3, 0.4) is 0 Å². The second-order valence-electron chi connectivity index (χ2n) is 7.45. The fourth-order valence-electron chi connectivity index (χ4n) is 4.05. The number of carbonyl (C=O) groups excluding carboxylic acids is 4. The van der Waals surface area contributed by atoms with Crippen molar-refractivity contribution in [3.63, 3.8) is 0 Å². The smallest absolute Gasteiger partial charge is 0.311 e. The molecule has 3 heterocycles. The zero-order chi connectivity index (χ0) is 21.7. The molecule has 1 saturated heterocycles. The third kappa shape index (κ3) is 3.12. The van der Waals surface area contributed by atoms with Gasteiger partial charge in [0.05, 0.1) is 17.8 Å². The third-order valence-electron chi connectivity index (χ3n) is 5.66. The molecular formula is C21H18N4O6. The van der Waals surface area contributed by atoms with Gasteiger partial charge in [-0.1, -0.05) is 12.1 Å². The number of primary amides is 1. The number of nitrogens with zero attached hydrogens (tertiary/aromatic N) is 2. The minimum atomic E-state index is -1.09. The second-order valence-corrected chi connectivity index (χ2v) is 7.45. The van der Waals surface area contributed by atoms with E-state index in [9.17, 15) is 19.2 Å². The second kappa shape index (κ2) is 7.01. The number of hydrogen-bond donors (Lipinski definition) is 2. The van der Waals surface area contributed by atoms with Gasteiger partial charge in [0.25, 0.3) is 5.91 Å². The Labute approximate surface area is 176 Å². The highest BCUT2D eigenvalue weighted by atomic mass is 16.7. The SMILES string of the molecule is NC(=O)C(=O)N1CCN2C(=O)c3cc(-c4ccc5c(c4)OCO5)ccc3NC(=O)[C@H]2C1. The molecule has 0 aliphatic carbocycles. The van der Waals surface area contributed by atoms with E-state index in [4.69, 9.17) is 15.2 Å². The van der Waals surface area contributed by atoms with Crippen molar-refractivity contribution in [3.05, 3.63) is 42.0 Å². The molecule has 0 saturated carbocycles. The summed E-state index contributed by atoms with van der Waals surface area (Å²) < 4.78 is 10.8. The van der Waals surface area contributed by atoms with E-state index >= 15 is 0 Å². The first kappa shape index (κ1) is 18.9. The Kier molecular flexibility index (Phi) is 4.28. The molecular weight excluding hydrogens is 404 g/mol. The molecule has 1 fully saturated rings. The van der Waals surface area contributed by atoms with Crippen LogP contribution in [0, 0.1) is 0 Å². The summed E-state index contributed by atoms with van der Waals surface area (Å²) in [6.07, 6.45) is 0. The fourth-order valence-corrected chi connectivity index (χ4v) is 4.05. The Balaban J connectivity index is 1.47. The van der Waals surface area contributed by atoms with E-state index in [0.29, 0.717) is 22.7 Å². The van der Waals surface area contributed by atoms with Crippen LogP contribution in [0.25, 0.3) is 11.1 Å². The lowest BCUT2D eigenvalue weighted by molar-refractivity contribution is -0.146. The molecule has 10 nitrogen and oxygen atoms in total. The first-order valence-corrected chi connectivity index (χ1v) is 9.67. The van der Waals surface area contributed by atoms with E-state index in [1.54, 1.807) is 24.3 Å². The minimum Gasteiger partial charge on any atom is -0.454 e. The van der Waals surface area contributed by atoms with E-state index < -0.39 is 23.8 Å². The zero-order valence-electron chi connectivity index (χ0n) is 16.3. The van der Waals surface area contributed by atoms with Crippen LogP contribution in [0.5, 0.6) is 11.5 Å². The number of fused-ring (bicyclic) bond motifs is 3. The summed E-state index contributed by atoms with van der Waals surface area (Å²) in [6, 6.07) is 9.79. The Morgan fingerprint density at radius 2 is 1.74 bits per heavy atom. The van der Waals surface area contributed by atoms with Gasteiger partial charge >= 0.3 is 11.8 Å². The lowest BCUT2D eigenvalue weighted by Crippen LogP contribution is -2.60. The maximum absolute atomic E-state index is 13.3. The molecule has 31 heavy (non-hydrogen) atoms. The van der Waals surface area contributed by atoms with Gasteiger partial charge in [0.1, 0.15) is 6.04 Å². The summed E-state index contributed by atoms with van der Waals surface area (Å²) in [5, 5.41) is 2.76. The maximum atomic E-state index is 13.3. The van der Waals surface area contributed by atoms with E-state index in [0.717, 1.165) is 11.1 Å². The molecule has 0 unspecified atom stereocenters. The molecule has 0 radical (unpaired) electrons. The van der Waals surface area contributed by atoms with Crippen LogP contribution in [0.4, 0.5) is 5.69 Å².